The van der Waals surface area contributed by atoms with E-state index < -0.39 is 0 Å². The van der Waals surface area contributed by atoms with Gasteiger partial charge in [-0.1, -0.05) is 53.6 Å². The topological polar surface area (TPSA) is 21.4 Å². The molecule has 0 atom stereocenters. The van der Waals surface area contributed by atoms with Gasteiger partial charge in [0.25, 0.3) is 0 Å². The molecule has 3 rings (SSSR count). The molecule has 0 saturated carbocycles. The molecule has 1 aliphatic heterocycles. The average molecular weight is 450 g/mol. The van der Waals surface area contributed by atoms with Crippen LogP contribution in [0.15, 0.2) is 42.5 Å². The Hall–Kier alpha value is -1.34. The number of ketones is 1. The fraction of sp³-hybridized carbons (Fsp3) is 0.417. The Bertz CT molecular complexity index is 826. The number of carbonyl (C=O) groups excluding carboxylic acids is 1. The molecule has 0 aliphatic carbocycles. The van der Waals surface area contributed by atoms with Gasteiger partial charge in [-0.3, -0.25) is 4.79 Å². The number of quaternary nitrogens is 1. The van der Waals surface area contributed by atoms with Crippen LogP contribution in [0, 0.1) is 20.4 Å². The minimum atomic E-state index is 0. The van der Waals surface area contributed by atoms with E-state index in [1.807, 2.05) is 32.0 Å². The predicted molar refractivity (Wildman–Crippen MR) is 110 cm³/mol. The second kappa shape index (κ2) is 10.4. The van der Waals surface area contributed by atoms with Gasteiger partial charge in [-0.25, -0.2) is 4.85 Å². The van der Waals surface area contributed by atoms with Gasteiger partial charge < -0.3 is 4.48 Å². The SMILES string of the molecule is [C-]#[N+]c1cc(C)c(CC(=O)C[N+]2(Cc3ccccc3)CCCCC2)c(C)c1.[Y]. The van der Waals surface area contributed by atoms with Crippen molar-refractivity contribution in [3.8, 4) is 0 Å². The number of hydrogen-bond donors (Lipinski definition) is 0. The van der Waals surface area contributed by atoms with Crippen LogP contribution in [-0.2, 0) is 50.5 Å². The number of carbonyl (C=O) groups is 1. The van der Waals surface area contributed by atoms with Crippen LogP contribution >= 0.6 is 0 Å². The third-order valence-corrected chi connectivity index (χ3v) is 5.82. The van der Waals surface area contributed by atoms with Crippen LogP contribution < -0.4 is 0 Å². The van der Waals surface area contributed by atoms with Gasteiger partial charge in [0, 0.05) is 44.7 Å². The van der Waals surface area contributed by atoms with Gasteiger partial charge in [0.2, 0.25) is 0 Å². The smallest absolute Gasteiger partial charge is 0.191 e. The van der Waals surface area contributed by atoms with Crippen molar-refractivity contribution >= 4 is 11.5 Å². The number of rotatable bonds is 6. The molecule has 3 nitrogen and oxygen atoms in total. The molecular formula is C24H29N2OY+. The molecule has 0 spiro atoms. The standard InChI is InChI=1S/C24H29N2O.Y/c1-19-14-22(25-3)15-20(2)24(19)16-23(27)18-26(12-8-5-9-13-26)17-21-10-6-4-7-11-21;/h4,6-7,10-11,14-15H,5,8-9,12-13,16-18H2,1-2H3;/q+1;. The van der Waals surface area contributed by atoms with E-state index in [4.69, 9.17) is 6.57 Å². The first-order chi connectivity index (χ1) is 13.0. The Morgan fingerprint density at radius 1 is 1.04 bits per heavy atom. The monoisotopic (exact) mass is 450 g/mol. The van der Waals surface area contributed by atoms with Crippen LogP contribution in [0.5, 0.6) is 0 Å². The van der Waals surface area contributed by atoms with Crippen molar-refractivity contribution in [2.75, 3.05) is 19.6 Å². The summed E-state index contributed by atoms with van der Waals surface area (Å²) in [5.41, 5.74) is 5.19. The first-order valence-electron chi connectivity index (χ1n) is 9.90. The molecule has 0 bridgehead atoms. The van der Waals surface area contributed by atoms with Crippen molar-refractivity contribution in [3.05, 3.63) is 76.1 Å². The molecule has 0 unspecified atom stereocenters. The molecule has 1 fully saturated rings. The Kier molecular flexibility index (Phi) is 8.56. The molecule has 143 valence electrons. The Labute approximate surface area is 194 Å². The summed E-state index contributed by atoms with van der Waals surface area (Å²) >= 11 is 0. The predicted octanol–water partition coefficient (Wildman–Crippen LogP) is 5.16. The number of benzene rings is 2. The van der Waals surface area contributed by atoms with Crippen LogP contribution in [0.4, 0.5) is 5.69 Å². The quantitative estimate of drug-likeness (QED) is 0.440. The van der Waals surface area contributed by atoms with E-state index >= 15 is 0 Å². The summed E-state index contributed by atoms with van der Waals surface area (Å²) in [6, 6.07) is 14.4. The van der Waals surface area contributed by atoms with E-state index in [0.717, 1.165) is 40.8 Å². The zero-order valence-corrected chi connectivity index (χ0v) is 19.9. The molecule has 1 heterocycles. The molecule has 0 amide bonds. The van der Waals surface area contributed by atoms with E-state index in [1.165, 1.54) is 24.8 Å². The number of Topliss-reactive ketones (excluding diaryl/α,β-unsaturated/α-hetero) is 1. The summed E-state index contributed by atoms with van der Waals surface area (Å²) in [5, 5.41) is 0. The summed E-state index contributed by atoms with van der Waals surface area (Å²) in [4.78, 5) is 16.6. The maximum atomic E-state index is 13.1. The molecule has 0 aromatic heterocycles. The third kappa shape index (κ3) is 5.83. The molecular weight excluding hydrogens is 421 g/mol. The van der Waals surface area contributed by atoms with Gasteiger partial charge in [0.05, 0.1) is 19.7 Å². The molecule has 1 aliphatic rings. The van der Waals surface area contributed by atoms with Crippen LogP contribution in [0.1, 0.15) is 41.5 Å². The summed E-state index contributed by atoms with van der Waals surface area (Å²) in [7, 11) is 0. The van der Waals surface area contributed by atoms with Gasteiger partial charge in [-0.2, -0.15) is 0 Å². The average Bonchev–Trinajstić information content (AvgIpc) is 2.66. The number of aryl methyl sites for hydroxylation is 2. The van der Waals surface area contributed by atoms with Crippen molar-refractivity contribution in [1.82, 2.24) is 0 Å². The fourth-order valence-corrected chi connectivity index (χ4v) is 4.47. The number of piperidine rings is 1. The first kappa shape index (κ1) is 22.9. The van der Waals surface area contributed by atoms with E-state index in [9.17, 15) is 4.79 Å². The number of nitrogens with zero attached hydrogens (tertiary/aromatic N) is 2. The summed E-state index contributed by atoms with van der Waals surface area (Å²) in [5.74, 6) is 0.314. The minimum Gasteiger partial charge on any atom is -0.314 e. The van der Waals surface area contributed by atoms with Gasteiger partial charge >= 0.3 is 0 Å². The van der Waals surface area contributed by atoms with Gasteiger partial charge in [-0.05, 0) is 38.7 Å². The fourth-order valence-electron chi connectivity index (χ4n) is 4.47. The van der Waals surface area contributed by atoms with Crippen LogP contribution in [0.2, 0.25) is 0 Å². The second-order valence-corrected chi connectivity index (χ2v) is 8.04. The van der Waals surface area contributed by atoms with Crippen molar-refractivity contribution in [2.45, 2.75) is 46.1 Å². The van der Waals surface area contributed by atoms with Crippen molar-refractivity contribution in [2.24, 2.45) is 0 Å². The molecule has 4 heteroatoms. The second-order valence-electron chi connectivity index (χ2n) is 8.04. The van der Waals surface area contributed by atoms with Crippen molar-refractivity contribution < 1.29 is 42.0 Å². The van der Waals surface area contributed by atoms with Crippen LogP contribution in [-0.4, -0.2) is 29.9 Å². The molecule has 0 N–H and O–H groups in total. The van der Waals surface area contributed by atoms with E-state index in [2.05, 4.69) is 29.1 Å². The van der Waals surface area contributed by atoms with Crippen molar-refractivity contribution in [3.63, 3.8) is 0 Å². The normalized spacial score (nSPS) is 15.3. The van der Waals surface area contributed by atoms with Crippen LogP contribution in [0.25, 0.3) is 4.85 Å². The van der Waals surface area contributed by atoms with E-state index in [-0.39, 0.29) is 32.7 Å². The Morgan fingerprint density at radius 2 is 1.64 bits per heavy atom. The molecule has 2 aromatic carbocycles. The minimum absolute atomic E-state index is 0. The third-order valence-electron chi connectivity index (χ3n) is 5.82. The zero-order chi connectivity index (χ0) is 19.3. The summed E-state index contributed by atoms with van der Waals surface area (Å²) < 4.78 is 0.890. The van der Waals surface area contributed by atoms with Crippen LogP contribution in [0.3, 0.4) is 0 Å². The van der Waals surface area contributed by atoms with E-state index in [0.29, 0.717) is 24.4 Å². The number of likely N-dealkylation sites (tertiary alicyclic amines) is 1. The molecule has 1 radical (unpaired) electrons. The summed E-state index contributed by atoms with van der Waals surface area (Å²) in [6.07, 6.45) is 4.17. The molecule has 28 heavy (non-hydrogen) atoms. The largest absolute Gasteiger partial charge is 0.314 e. The Morgan fingerprint density at radius 3 is 2.21 bits per heavy atom. The first-order valence-corrected chi connectivity index (χ1v) is 9.90. The van der Waals surface area contributed by atoms with Gasteiger partial charge in [0.1, 0.15) is 13.1 Å². The summed E-state index contributed by atoms with van der Waals surface area (Å²) in [6.45, 7) is 15.0. The zero-order valence-electron chi connectivity index (χ0n) is 17.1. The maximum Gasteiger partial charge on any atom is 0.191 e. The maximum absolute atomic E-state index is 13.1. The molecule has 2 aromatic rings. The van der Waals surface area contributed by atoms with Gasteiger partial charge in [0.15, 0.2) is 11.5 Å². The molecule has 1 saturated heterocycles. The van der Waals surface area contributed by atoms with Gasteiger partial charge in [-0.15, -0.1) is 0 Å². The van der Waals surface area contributed by atoms with E-state index in [1.54, 1.807) is 0 Å². The van der Waals surface area contributed by atoms with Crippen molar-refractivity contribution in [1.29, 1.82) is 0 Å². The number of hydrogen-bond acceptors (Lipinski definition) is 1. The Balaban J connectivity index is 0.00000280.